The van der Waals surface area contributed by atoms with Gasteiger partial charge in [-0.3, -0.25) is 4.79 Å². The number of rotatable bonds is 10. The second-order valence-electron chi connectivity index (χ2n) is 9.78. The number of aliphatic carboxylic acids is 1. The van der Waals surface area contributed by atoms with Crippen LogP contribution in [-0.2, 0) is 24.0 Å². The topological polar surface area (TPSA) is 134 Å². The van der Waals surface area contributed by atoms with E-state index in [2.05, 4.69) is 48.5 Å². The van der Waals surface area contributed by atoms with Crippen LogP contribution in [0.25, 0.3) is 0 Å². The van der Waals surface area contributed by atoms with E-state index in [1.165, 1.54) is 55.4 Å². The van der Waals surface area contributed by atoms with Crippen molar-refractivity contribution >= 4 is 23.3 Å². The van der Waals surface area contributed by atoms with Crippen molar-refractivity contribution in [2.45, 2.75) is 117 Å². The number of ether oxygens (including phenoxy) is 2. The second-order valence-corrected chi connectivity index (χ2v) is 10.6. The van der Waals surface area contributed by atoms with Crippen molar-refractivity contribution in [1.29, 1.82) is 0 Å². The summed E-state index contributed by atoms with van der Waals surface area (Å²) in [5.41, 5.74) is 2.38. The summed E-state index contributed by atoms with van der Waals surface area (Å²) in [5, 5.41) is 9.68. The fourth-order valence-corrected chi connectivity index (χ4v) is 5.28. The molecule has 1 aliphatic heterocycles. The van der Waals surface area contributed by atoms with E-state index in [4.69, 9.17) is 25.3 Å². The van der Waals surface area contributed by atoms with Crippen molar-refractivity contribution < 1.29 is 38.5 Å². The maximum absolute atomic E-state index is 11.2. The molecule has 1 aromatic rings. The van der Waals surface area contributed by atoms with Gasteiger partial charge in [0.2, 0.25) is 5.01 Å². The number of thiazole rings is 1. The molecule has 39 heavy (non-hydrogen) atoms. The molecular weight excluding hydrogens is 527 g/mol. The zero-order valence-electron chi connectivity index (χ0n) is 24.6. The van der Waals surface area contributed by atoms with E-state index in [1.54, 1.807) is 0 Å². The van der Waals surface area contributed by atoms with Gasteiger partial charge in [-0.15, -0.1) is 11.3 Å². The number of unbranched alkanes of at least 4 members (excludes halogenated alkanes) is 1. The van der Waals surface area contributed by atoms with Crippen LogP contribution >= 0.6 is 11.3 Å². The van der Waals surface area contributed by atoms with E-state index >= 15 is 0 Å². The van der Waals surface area contributed by atoms with Crippen molar-refractivity contribution in [3.05, 3.63) is 27.7 Å². The highest BCUT2D eigenvalue weighted by Crippen LogP contribution is 2.41. The van der Waals surface area contributed by atoms with E-state index in [9.17, 15) is 9.32 Å². The van der Waals surface area contributed by atoms with Crippen LogP contribution in [0.1, 0.15) is 114 Å². The number of hydrogen-bond donors (Lipinski definition) is 2. The van der Waals surface area contributed by atoms with Crippen LogP contribution in [-0.4, -0.2) is 54.6 Å². The van der Waals surface area contributed by atoms with Crippen LogP contribution in [0.15, 0.2) is 17.0 Å². The first-order valence-corrected chi connectivity index (χ1v) is 14.5. The number of methoxy groups -OCH3 is 1. The standard InChI is InChI=1S/C14H24O2.C11H18N2O2S.C2H4O2.CH3FO/c1-10(2)8-9-13-14(16-13)11-6-4-5-7-12(11)15-3;1-3-5-6-8(4-2)9-7-16-10(13-9)11(14)15-12;1-2(3)4;1-3-2/h8,11-14H,4-7,9H2,1-3H3;7-8H,3-6,12H2,1-2H3;1H3,(H,3,4);1H3. The first-order chi connectivity index (χ1) is 18.6. The Hall–Kier alpha value is -1.92. The lowest BCUT2D eigenvalue weighted by Gasteiger charge is -2.29. The average Bonchev–Trinajstić information content (AvgIpc) is 3.52. The molecule has 0 bridgehead atoms. The van der Waals surface area contributed by atoms with Gasteiger partial charge < -0.3 is 19.4 Å². The molecule has 1 saturated heterocycles. The van der Waals surface area contributed by atoms with Gasteiger partial charge in [0.15, 0.2) is 0 Å². The average molecular weight is 577 g/mol. The van der Waals surface area contributed by atoms with Gasteiger partial charge in [0.25, 0.3) is 5.97 Å². The van der Waals surface area contributed by atoms with Crippen molar-refractivity contribution in [2.75, 3.05) is 14.2 Å². The maximum atomic E-state index is 11.2. The predicted octanol–water partition coefficient (Wildman–Crippen LogP) is 6.78. The third-order valence-electron chi connectivity index (χ3n) is 6.48. The molecule has 0 spiro atoms. The largest absolute Gasteiger partial charge is 0.481 e. The van der Waals surface area contributed by atoms with Crippen LogP contribution < -0.4 is 5.90 Å². The molecule has 0 aromatic carbocycles. The SMILES string of the molecule is CC(=O)O.CCCCC(CC)c1csc(C(=O)ON)n1.COC1CCCCC1C1OC1CC=C(C)C.COF. The summed E-state index contributed by atoms with van der Waals surface area (Å²) in [6.07, 6.45) is 14.5. The summed E-state index contributed by atoms with van der Waals surface area (Å²) in [5.74, 6) is 4.52. The quantitative estimate of drug-likeness (QED) is 0.176. The van der Waals surface area contributed by atoms with Gasteiger partial charge in [0, 0.05) is 31.2 Å². The van der Waals surface area contributed by atoms with Gasteiger partial charge in [-0.2, -0.15) is 10.8 Å². The normalized spacial score (nSPS) is 21.9. The molecule has 0 radical (unpaired) electrons. The molecule has 1 aromatic heterocycles. The number of carbonyl (C=O) groups is 2. The Labute approximate surface area is 237 Å². The Morgan fingerprint density at radius 2 is 1.87 bits per heavy atom. The highest BCUT2D eigenvalue weighted by molar-refractivity contribution is 7.11. The highest BCUT2D eigenvalue weighted by atomic mass is 32.1. The van der Waals surface area contributed by atoms with Crippen molar-refractivity contribution in [3.63, 3.8) is 0 Å². The zero-order valence-corrected chi connectivity index (χ0v) is 25.4. The molecule has 0 amide bonds. The Morgan fingerprint density at radius 1 is 1.26 bits per heavy atom. The van der Waals surface area contributed by atoms with Gasteiger partial charge in [0.1, 0.15) is 0 Å². The third kappa shape index (κ3) is 16.1. The number of halogens is 1. The lowest BCUT2D eigenvalue weighted by Crippen LogP contribution is -2.31. The molecule has 11 heteroatoms. The summed E-state index contributed by atoms with van der Waals surface area (Å²) in [6, 6.07) is 0. The molecule has 2 fully saturated rings. The van der Waals surface area contributed by atoms with Crippen LogP contribution in [0.4, 0.5) is 4.53 Å². The number of nitrogens with two attached hydrogens (primary N) is 1. The Kier molecular flexibility index (Phi) is 20.8. The van der Waals surface area contributed by atoms with Crippen LogP contribution in [0, 0.1) is 5.92 Å². The molecule has 1 aliphatic carbocycles. The van der Waals surface area contributed by atoms with Crippen molar-refractivity contribution in [1.82, 2.24) is 4.98 Å². The minimum Gasteiger partial charge on any atom is -0.481 e. The Balaban J connectivity index is 0.000000599. The number of carbonyl (C=O) groups excluding carboxylic acids is 1. The fourth-order valence-electron chi connectivity index (χ4n) is 4.50. The Morgan fingerprint density at radius 3 is 2.38 bits per heavy atom. The highest BCUT2D eigenvalue weighted by Gasteiger charge is 2.47. The van der Waals surface area contributed by atoms with Gasteiger partial charge in [-0.05, 0) is 50.5 Å². The lowest BCUT2D eigenvalue weighted by atomic mass is 9.83. The zero-order chi connectivity index (χ0) is 29.8. The molecule has 2 heterocycles. The lowest BCUT2D eigenvalue weighted by molar-refractivity contribution is -0.134. The van der Waals surface area contributed by atoms with Gasteiger partial charge in [0.05, 0.1) is 31.1 Å². The third-order valence-corrected chi connectivity index (χ3v) is 7.32. The summed E-state index contributed by atoms with van der Waals surface area (Å²) < 4.78 is 21.2. The van der Waals surface area contributed by atoms with E-state index in [-0.39, 0.29) is 0 Å². The molecule has 5 atom stereocenters. The maximum Gasteiger partial charge on any atom is 0.385 e. The van der Waals surface area contributed by atoms with E-state index < -0.39 is 11.9 Å². The van der Waals surface area contributed by atoms with Gasteiger partial charge >= 0.3 is 5.97 Å². The predicted molar refractivity (Wildman–Crippen MR) is 151 cm³/mol. The summed E-state index contributed by atoms with van der Waals surface area (Å²) in [7, 11) is 2.80. The fraction of sp³-hybridized carbons (Fsp3) is 0.750. The number of carboxylic acid groups (broad SMARTS) is 1. The minimum absolute atomic E-state index is 0.340. The number of hydrogen-bond acceptors (Lipinski definition) is 9. The summed E-state index contributed by atoms with van der Waals surface area (Å²) in [4.78, 5) is 31.3. The van der Waals surface area contributed by atoms with E-state index in [0.29, 0.717) is 35.2 Å². The number of allylic oxidation sites excluding steroid dienone is 1. The number of carboxylic acids is 1. The molecule has 3 rings (SSSR count). The van der Waals surface area contributed by atoms with E-state index in [0.717, 1.165) is 39.0 Å². The molecule has 226 valence electrons. The van der Waals surface area contributed by atoms with Crippen LogP contribution in [0.5, 0.6) is 0 Å². The molecule has 1 saturated carbocycles. The van der Waals surface area contributed by atoms with Crippen molar-refractivity contribution in [2.24, 2.45) is 11.8 Å². The first-order valence-electron chi connectivity index (χ1n) is 13.6. The number of nitrogens with zero attached hydrogens (tertiary/aromatic N) is 1. The number of epoxide rings is 1. The van der Waals surface area contributed by atoms with Gasteiger partial charge in [-0.25, -0.2) is 9.78 Å². The summed E-state index contributed by atoms with van der Waals surface area (Å²) >= 11 is 1.29. The minimum atomic E-state index is -0.833. The van der Waals surface area contributed by atoms with Crippen LogP contribution in [0.3, 0.4) is 0 Å². The monoisotopic (exact) mass is 576 g/mol. The first kappa shape index (κ1) is 37.1. The Bertz CT molecular complexity index is 829. The van der Waals surface area contributed by atoms with Crippen LogP contribution in [0.2, 0.25) is 0 Å². The summed E-state index contributed by atoms with van der Waals surface area (Å²) in [6.45, 7) is 9.69. The second kappa shape index (κ2) is 21.8. The molecule has 3 N–H and O–H groups in total. The smallest absolute Gasteiger partial charge is 0.385 e. The van der Waals surface area contributed by atoms with Crippen molar-refractivity contribution in [3.8, 4) is 0 Å². The molecular formula is C28H49FN2O7S. The molecule has 9 nitrogen and oxygen atoms in total. The molecule has 2 aliphatic rings. The van der Waals surface area contributed by atoms with E-state index in [1.807, 2.05) is 12.5 Å². The number of aromatic nitrogens is 1. The van der Waals surface area contributed by atoms with Gasteiger partial charge in [-0.1, -0.05) is 51.2 Å². The molecule has 5 unspecified atom stereocenters.